The van der Waals surface area contributed by atoms with Crippen molar-refractivity contribution < 1.29 is 37.5 Å². The Labute approximate surface area is 289 Å². The van der Waals surface area contributed by atoms with Crippen molar-refractivity contribution in [1.29, 1.82) is 0 Å². The fourth-order valence-corrected chi connectivity index (χ4v) is 7.23. The van der Waals surface area contributed by atoms with Crippen molar-refractivity contribution in [2.45, 2.75) is 81.6 Å². The molecular weight excluding hydrogens is 668 g/mol. The highest BCUT2D eigenvalue weighted by molar-refractivity contribution is 7.88. The summed E-state index contributed by atoms with van der Waals surface area (Å²) in [6, 6.07) is 8.89. The van der Waals surface area contributed by atoms with Crippen LogP contribution in [0, 0.1) is 0 Å². The van der Waals surface area contributed by atoms with Crippen LogP contribution in [0.2, 0.25) is 0 Å². The molecule has 0 radical (unpaired) electrons. The highest BCUT2D eigenvalue weighted by atomic mass is 32.2. The van der Waals surface area contributed by atoms with E-state index in [4.69, 9.17) is 5.73 Å². The van der Waals surface area contributed by atoms with Gasteiger partial charge in [-0.1, -0.05) is 54.8 Å². The first-order chi connectivity index (χ1) is 23.5. The van der Waals surface area contributed by atoms with Gasteiger partial charge in [0, 0.05) is 25.1 Å². The number of benzene rings is 2. The number of carbonyl (C=O) groups excluding carboxylic acids is 5. The van der Waals surface area contributed by atoms with Crippen molar-refractivity contribution >= 4 is 50.2 Å². The average Bonchev–Trinajstić information content (AvgIpc) is 3.74. The molecule has 0 spiro atoms. The number of amides is 4. The molecule has 1 unspecified atom stereocenters. The predicted octanol–water partition coefficient (Wildman–Crippen LogP) is 0.0220. The Kier molecular flexibility index (Phi) is 10.4. The third-order valence-electron chi connectivity index (χ3n) is 9.31. The number of nitrogens with zero attached hydrogens (tertiary/aromatic N) is 4. The standard InChI is InChI=1S/C33H42N8O8S/c1-32(2,47)26-18-35-39-41(26)23-16-25(30(45)38-33(27(42)28(34)43)13-7-4-8-14-33)40(19-23)31(46)24(17-36-50(3,48)49)37-29(44)22-12-11-20-9-5-6-10-21(20)15-22/h5-6,9-12,15,18,23-25,36,47H,4,7-8,13-14,16-17,19H2,1-3H3,(H2,34,43)(H,37,44)(H,38,45)/t23-,24?,25-/m0/s1. The van der Waals surface area contributed by atoms with Crippen LogP contribution in [0.3, 0.4) is 0 Å². The van der Waals surface area contributed by atoms with Crippen LogP contribution in [0.5, 0.6) is 0 Å². The third kappa shape index (κ3) is 8.00. The topological polar surface area (TPSA) is 236 Å². The highest BCUT2D eigenvalue weighted by Crippen LogP contribution is 2.34. The number of fused-ring (bicyclic) bond motifs is 1. The lowest BCUT2D eigenvalue weighted by Gasteiger charge is -2.37. The van der Waals surface area contributed by atoms with Crippen LogP contribution in [-0.2, 0) is 34.8 Å². The quantitative estimate of drug-likeness (QED) is 0.158. The number of hydrogen-bond donors (Lipinski definition) is 5. The van der Waals surface area contributed by atoms with Crippen molar-refractivity contribution in [3.63, 3.8) is 0 Å². The maximum Gasteiger partial charge on any atom is 0.287 e. The van der Waals surface area contributed by atoms with Crippen LogP contribution in [0.1, 0.15) is 74.5 Å². The van der Waals surface area contributed by atoms with Gasteiger partial charge in [-0.05, 0) is 49.6 Å². The monoisotopic (exact) mass is 710 g/mol. The molecule has 6 N–H and O–H groups in total. The lowest BCUT2D eigenvalue weighted by atomic mass is 9.78. The van der Waals surface area contributed by atoms with Crippen molar-refractivity contribution in [2.24, 2.45) is 5.73 Å². The number of likely N-dealkylation sites (tertiary alicyclic amines) is 1. The number of primary amides is 1. The van der Waals surface area contributed by atoms with Gasteiger partial charge in [-0.2, -0.15) is 0 Å². The molecule has 2 heterocycles. The van der Waals surface area contributed by atoms with E-state index in [0.717, 1.165) is 23.4 Å². The molecule has 0 bridgehead atoms. The van der Waals surface area contributed by atoms with Crippen molar-refractivity contribution in [3.8, 4) is 0 Å². The van der Waals surface area contributed by atoms with Gasteiger partial charge in [0.05, 0.1) is 24.2 Å². The van der Waals surface area contributed by atoms with Gasteiger partial charge in [0.2, 0.25) is 27.6 Å². The van der Waals surface area contributed by atoms with Gasteiger partial charge in [-0.25, -0.2) is 17.8 Å². The number of carbonyl (C=O) groups is 5. The van der Waals surface area contributed by atoms with Gasteiger partial charge in [0.1, 0.15) is 23.2 Å². The first-order valence-electron chi connectivity index (χ1n) is 16.3. The molecule has 1 aliphatic carbocycles. The minimum absolute atomic E-state index is 0.0459. The predicted molar refractivity (Wildman–Crippen MR) is 181 cm³/mol. The van der Waals surface area contributed by atoms with Gasteiger partial charge in [0.25, 0.3) is 11.8 Å². The number of nitrogens with one attached hydrogen (secondary N) is 3. The first-order valence-corrected chi connectivity index (χ1v) is 18.2. The zero-order chi connectivity index (χ0) is 36.4. The van der Waals surface area contributed by atoms with Crippen LogP contribution in [0.15, 0.2) is 48.7 Å². The number of aromatic nitrogens is 3. The van der Waals surface area contributed by atoms with E-state index in [2.05, 4.69) is 25.7 Å². The second-order valence-electron chi connectivity index (χ2n) is 13.6. The van der Waals surface area contributed by atoms with Crippen LogP contribution in [-0.4, -0.2) is 99.8 Å². The molecule has 1 saturated carbocycles. The zero-order valence-electron chi connectivity index (χ0n) is 28.1. The summed E-state index contributed by atoms with van der Waals surface area (Å²) in [6.45, 7) is 2.37. The summed E-state index contributed by atoms with van der Waals surface area (Å²) in [5, 5.41) is 25.9. The molecule has 2 aliphatic rings. The van der Waals surface area contributed by atoms with Gasteiger partial charge in [0.15, 0.2) is 0 Å². The number of sulfonamides is 1. The van der Waals surface area contributed by atoms with Gasteiger partial charge < -0.3 is 26.4 Å². The van der Waals surface area contributed by atoms with Crippen molar-refractivity contribution in [2.75, 3.05) is 19.3 Å². The molecule has 2 fully saturated rings. The maximum absolute atomic E-state index is 14.4. The molecule has 1 saturated heterocycles. The average molecular weight is 711 g/mol. The molecule has 1 aromatic heterocycles. The molecule has 3 aromatic rings. The summed E-state index contributed by atoms with van der Waals surface area (Å²) >= 11 is 0. The largest absolute Gasteiger partial charge is 0.384 e. The van der Waals surface area contributed by atoms with Crippen LogP contribution >= 0.6 is 0 Å². The molecule has 1 aliphatic heterocycles. The Morgan fingerprint density at radius 1 is 1.06 bits per heavy atom. The summed E-state index contributed by atoms with van der Waals surface area (Å²) in [4.78, 5) is 68.5. The van der Waals surface area contributed by atoms with E-state index in [1.807, 2.05) is 24.3 Å². The molecule has 3 atom stereocenters. The van der Waals surface area contributed by atoms with Crippen LogP contribution in [0.25, 0.3) is 10.8 Å². The molecule has 16 nitrogen and oxygen atoms in total. The lowest BCUT2D eigenvalue weighted by Crippen LogP contribution is -2.63. The first kappa shape index (κ1) is 36.5. The molecule has 17 heteroatoms. The maximum atomic E-state index is 14.4. The zero-order valence-corrected chi connectivity index (χ0v) is 28.9. The van der Waals surface area contributed by atoms with Crippen molar-refractivity contribution in [3.05, 3.63) is 59.9 Å². The van der Waals surface area contributed by atoms with Crippen LogP contribution in [0.4, 0.5) is 0 Å². The number of nitrogens with two attached hydrogens (primary N) is 1. The number of rotatable bonds is 12. The van der Waals surface area contributed by atoms with E-state index in [0.29, 0.717) is 18.5 Å². The Bertz CT molecular complexity index is 1920. The smallest absolute Gasteiger partial charge is 0.287 e. The van der Waals surface area contributed by atoms with Gasteiger partial charge in [-0.15, -0.1) is 5.10 Å². The second kappa shape index (κ2) is 14.2. The summed E-state index contributed by atoms with van der Waals surface area (Å²) in [6.07, 6.45) is 4.49. The van der Waals surface area contributed by atoms with Gasteiger partial charge >= 0.3 is 0 Å². The summed E-state index contributed by atoms with van der Waals surface area (Å²) < 4.78 is 28.0. The fraction of sp³-hybridized carbons (Fsp3) is 0.485. The van der Waals surface area contributed by atoms with E-state index >= 15 is 0 Å². The van der Waals surface area contributed by atoms with Gasteiger partial charge in [-0.3, -0.25) is 24.0 Å². The molecule has 4 amide bonds. The minimum atomic E-state index is -3.83. The summed E-state index contributed by atoms with van der Waals surface area (Å²) in [7, 11) is -3.83. The second-order valence-corrected chi connectivity index (χ2v) is 15.4. The number of ketones is 1. The summed E-state index contributed by atoms with van der Waals surface area (Å²) in [5.41, 5.74) is 2.97. The number of Topliss-reactive ketones (excluding diaryl/α,β-unsaturated/α-hetero) is 1. The Hall–Kier alpha value is -4.74. The normalized spacial score (nSPS) is 19.9. The molecule has 2 aromatic carbocycles. The number of hydrogen-bond acceptors (Lipinski definition) is 10. The Morgan fingerprint density at radius 3 is 2.38 bits per heavy atom. The highest BCUT2D eigenvalue weighted by Gasteiger charge is 2.49. The van der Waals surface area contributed by atoms with E-state index in [9.17, 15) is 37.5 Å². The fourth-order valence-electron chi connectivity index (χ4n) is 6.76. The molecule has 50 heavy (non-hydrogen) atoms. The SMILES string of the molecule is CC(C)(O)c1cnnn1[C@H]1C[C@@H](C(=O)NC2(C(=O)C(N)=O)CCCCC2)N(C(=O)C(CNS(C)(=O)=O)NC(=O)c2ccc3ccccc3c2)C1. The van der Waals surface area contributed by atoms with E-state index < -0.39 is 75.2 Å². The van der Waals surface area contributed by atoms with Crippen molar-refractivity contribution in [1.82, 2.24) is 35.2 Å². The molecule has 5 rings (SSSR count). The van der Waals surface area contributed by atoms with E-state index in [1.54, 1.807) is 18.2 Å². The third-order valence-corrected chi connectivity index (χ3v) is 10.00. The van der Waals surface area contributed by atoms with E-state index in [-0.39, 0.29) is 31.4 Å². The van der Waals surface area contributed by atoms with E-state index in [1.165, 1.54) is 29.6 Å². The Morgan fingerprint density at radius 2 is 1.74 bits per heavy atom. The van der Waals surface area contributed by atoms with Crippen LogP contribution < -0.4 is 21.1 Å². The summed E-state index contributed by atoms with van der Waals surface area (Å²) in [5.74, 6) is -4.31. The lowest BCUT2D eigenvalue weighted by molar-refractivity contribution is -0.145. The Balaban J connectivity index is 1.49. The molecule has 268 valence electrons. The molecular formula is C33H42N8O8S. The minimum Gasteiger partial charge on any atom is -0.384 e. The number of aliphatic hydroxyl groups is 1.